The molecular weight excluding hydrogens is 603 g/mol. The van der Waals surface area contributed by atoms with E-state index in [4.69, 9.17) is 4.74 Å². The van der Waals surface area contributed by atoms with Crippen LogP contribution in [0.1, 0.15) is 62.0 Å². The summed E-state index contributed by atoms with van der Waals surface area (Å²) in [5, 5.41) is 14.4. The van der Waals surface area contributed by atoms with Crippen LogP contribution in [0, 0.1) is 5.82 Å². The number of anilines is 1. The first-order valence-electron chi connectivity index (χ1n) is 16.1. The number of carboxylic acid groups (broad SMARTS) is 1. The first-order chi connectivity index (χ1) is 22.5. The van der Waals surface area contributed by atoms with Crippen molar-refractivity contribution in [1.82, 2.24) is 24.6 Å². The number of piperidine rings is 1. The van der Waals surface area contributed by atoms with Crippen LogP contribution >= 0.6 is 0 Å². The highest BCUT2D eigenvalue weighted by molar-refractivity contribution is 6.01. The van der Waals surface area contributed by atoms with E-state index in [1.807, 2.05) is 63.4 Å². The van der Waals surface area contributed by atoms with Crippen LogP contribution in [0.3, 0.4) is 0 Å². The van der Waals surface area contributed by atoms with Crippen LogP contribution in [0.5, 0.6) is 0 Å². The molecule has 4 aromatic rings. The number of rotatable bonds is 7. The maximum atomic E-state index is 16.2. The van der Waals surface area contributed by atoms with Gasteiger partial charge in [0.25, 0.3) is 0 Å². The first-order valence-corrected chi connectivity index (χ1v) is 16.1. The lowest BCUT2D eigenvalue weighted by Gasteiger charge is -2.36. The van der Waals surface area contributed by atoms with E-state index in [9.17, 15) is 19.5 Å². The second-order valence-electron chi connectivity index (χ2n) is 13.3. The molecule has 2 aliphatic rings. The largest absolute Gasteiger partial charge is 0.477 e. The Balaban J connectivity index is 1.23. The van der Waals surface area contributed by atoms with E-state index < -0.39 is 17.4 Å². The van der Waals surface area contributed by atoms with Crippen molar-refractivity contribution in [2.45, 2.75) is 58.1 Å². The van der Waals surface area contributed by atoms with E-state index in [1.54, 1.807) is 20.7 Å². The topological polar surface area (TPSA) is 124 Å². The minimum atomic E-state index is -1.17. The van der Waals surface area contributed by atoms with E-state index in [0.29, 0.717) is 69.6 Å². The van der Waals surface area contributed by atoms with Gasteiger partial charge in [-0.2, -0.15) is 5.10 Å². The van der Waals surface area contributed by atoms with Gasteiger partial charge < -0.3 is 29.5 Å². The predicted molar refractivity (Wildman–Crippen MR) is 176 cm³/mol. The van der Waals surface area contributed by atoms with Gasteiger partial charge >= 0.3 is 12.1 Å². The number of carboxylic acids is 1. The molecule has 2 amide bonds. The minimum absolute atomic E-state index is 0.00228. The molecule has 0 aliphatic carbocycles. The van der Waals surface area contributed by atoms with Gasteiger partial charge in [0, 0.05) is 81.6 Å². The molecule has 47 heavy (non-hydrogen) atoms. The van der Waals surface area contributed by atoms with Crippen molar-refractivity contribution in [3.8, 4) is 11.1 Å². The smallest absolute Gasteiger partial charge is 0.410 e. The number of H-pyrrole nitrogens is 1. The SMILES string of the molecule is CC(C)(C)OC(=O)N1CCN(c2ccc(-c3cc(C4CCCN(C(=O)CCn5cccn5)C4)c(F)c4[nH]c(C(=O)O)cc34)cc2)CC1. The zero-order valence-corrected chi connectivity index (χ0v) is 27.0. The molecule has 2 aliphatic heterocycles. The fourth-order valence-electron chi connectivity index (χ4n) is 6.52. The van der Waals surface area contributed by atoms with Crippen LogP contribution in [-0.4, -0.2) is 92.5 Å². The van der Waals surface area contributed by atoms with E-state index >= 15 is 4.39 Å². The monoisotopic (exact) mass is 644 g/mol. The van der Waals surface area contributed by atoms with Crippen molar-refractivity contribution in [2.75, 3.05) is 44.2 Å². The third-order valence-corrected chi connectivity index (χ3v) is 8.91. The molecule has 1 unspecified atom stereocenters. The number of aromatic carboxylic acids is 1. The highest BCUT2D eigenvalue weighted by atomic mass is 19.1. The highest BCUT2D eigenvalue weighted by Crippen LogP contribution is 2.39. The van der Waals surface area contributed by atoms with Crippen LogP contribution in [-0.2, 0) is 16.1 Å². The third-order valence-electron chi connectivity index (χ3n) is 8.91. The molecule has 2 aromatic carbocycles. The molecule has 0 spiro atoms. The number of aromatic amines is 1. The summed E-state index contributed by atoms with van der Waals surface area (Å²) in [5.41, 5.74) is 2.53. The van der Waals surface area contributed by atoms with Gasteiger partial charge in [-0.15, -0.1) is 0 Å². The third kappa shape index (κ3) is 7.11. The fraction of sp³-hybridized carbons (Fsp3) is 0.429. The molecule has 2 aromatic heterocycles. The summed E-state index contributed by atoms with van der Waals surface area (Å²) in [7, 11) is 0. The standard InChI is InChI=1S/C35H41FN6O5/c1-35(2,3)47-34(46)40-18-16-39(17-19-40)25-9-7-23(8-10-25)26-20-27(31(36)32-28(26)21-29(38-32)33(44)45)24-6-4-13-41(22-24)30(43)11-15-42-14-5-12-37-42/h5,7-10,12,14,20-21,24,38H,4,6,11,13,15-19,22H2,1-3H3,(H,44,45). The molecule has 1 atom stereocenters. The Bertz CT molecular complexity index is 1750. The van der Waals surface area contributed by atoms with Crippen LogP contribution in [0.25, 0.3) is 22.0 Å². The van der Waals surface area contributed by atoms with Gasteiger partial charge in [-0.05, 0) is 80.6 Å². The van der Waals surface area contributed by atoms with Crippen LogP contribution in [0.15, 0.2) is 54.9 Å². The summed E-state index contributed by atoms with van der Waals surface area (Å²) in [6.07, 6.45) is 4.95. The highest BCUT2D eigenvalue weighted by Gasteiger charge is 2.30. The maximum Gasteiger partial charge on any atom is 0.410 e. The molecule has 248 valence electrons. The number of nitrogens with zero attached hydrogens (tertiary/aromatic N) is 5. The average Bonchev–Trinajstić information content (AvgIpc) is 3.75. The van der Waals surface area contributed by atoms with Crippen molar-refractivity contribution >= 4 is 34.6 Å². The Morgan fingerprint density at radius 2 is 1.79 bits per heavy atom. The van der Waals surface area contributed by atoms with Crippen LogP contribution in [0.4, 0.5) is 14.9 Å². The molecular formula is C35H41FN6O5. The van der Waals surface area contributed by atoms with Gasteiger partial charge in [-0.3, -0.25) is 9.48 Å². The van der Waals surface area contributed by atoms with E-state index in [0.717, 1.165) is 23.2 Å². The van der Waals surface area contributed by atoms with Crippen molar-refractivity contribution in [3.63, 3.8) is 0 Å². The lowest BCUT2D eigenvalue weighted by molar-refractivity contribution is -0.132. The number of nitrogens with one attached hydrogen (secondary N) is 1. The molecule has 2 N–H and O–H groups in total. The summed E-state index contributed by atoms with van der Waals surface area (Å²) in [5.74, 6) is -1.88. The summed E-state index contributed by atoms with van der Waals surface area (Å²) < 4.78 is 23.4. The number of fused-ring (bicyclic) bond motifs is 1. The summed E-state index contributed by atoms with van der Waals surface area (Å²) in [6, 6.07) is 13.1. The lowest BCUT2D eigenvalue weighted by atomic mass is 9.87. The second-order valence-corrected chi connectivity index (χ2v) is 13.3. The van der Waals surface area contributed by atoms with Gasteiger partial charge in [0.2, 0.25) is 5.91 Å². The number of hydrogen-bond donors (Lipinski definition) is 2. The van der Waals surface area contributed by atoms with Gasteiger partial charge in [0.15, 0.2) is 5.82 Å². The van der Waals surface area contributed by atoms with Crippen molar-refractivity contribution < 1.29 is 28.6 Å². The Morgan fingerprint density at radius 1 is 1.04 bits per heavy atom. The second kappa shape index (κ2) is 13.1. The molecule has 12 heteroatoms. The van der Waals surface area contributed by atoms with Gasteiger partial charge in [-0.25, -0.2) is 14.0 Å². The number of ether oxygens (including phenoxy) is 1. The summed E-state index contributed by atoms with van der Waals surface area (Å²) >= 11 is 0. The maximum absolute atomic E-state index is 16.2. The number of aryl methyl sites for hydroxylation is 1. The Morgan fingerprint density at radius 3 is 2.45 bits per heavy atom. The predicted octanol–water partition coefficient (Wildman–Crippen LogP) is 5.72. The molecule has 0 bridgehead atoms. The van der Waals surface area contributed by atoms with Crippen molar-refractivity contribution in [3.05, 3.63) is 71.9 Å². The number of carbonyl (C=O) groups excluding carboxylic acids is 2. The van der Waals surface area contributed by atoms with Crippen LogP contribution < -0.4 is 4.90 Å². The molecule has 2 saturated heterocycles. The normalized spacial score (nSPS) is 17.3. The number of aromatic nitrogens is 3. The summed E-state index contributed by atoms with van der Waals surface area (Å²) in [4.78, 5) is 46.0. The Labute approximate surface area is 272 Å². The molecule has 11 nitrogen and oxygen atoms in total. The number of benzene rings is 2. The Hall–Kier alpha value is -4.87. The number of amides is 2. The molecule has 4 heterocycles. The number of carbonyl (C=O) groups is 3. The number of halogens is 1. The summed E-state index contributed by atoms with van der Waals surface area (Å²) in [6.45, 7) is 9.45. The van der Waals surface area contributed by atoms with Gasteiger partial charge in [0.05, 0.1) is 5.52 Å². The Kier molecular flexibility index (Phi) is 8.94. The van der Waals surface area contributed by atoms with Crippen molar-refractivity contribution in [1.29, 1.82) is 0 Å². The average molecular weight is 645 g/mol. The van der Waals surface area contributed by atoms with E-state index in [2.05, 4.69) is 15.0 Å². The quantitative estimate of drug-likeness (QED) is 0.264. The minimum Gasteiger partial charge on any atom is -0.477 e. The molecule has 0 radical (unpaired) electrons. The van der Waals surface area contributed by atoms with Crippen molar-refractivity contribution in [2.24, 2.45) is 0 Å². The lowest BCUT2D eigenvalue weighted by Crippen LogP contribution is -2.50. The van der Waals surface area contributed by atoms with Gasteiger partial charge in [0.1, 0.15) is 11.3 Å². The molecule has 0 saturated carbocycles. The molecule has 2 fully saturated rings. The van der Waals surface area contributed by atoms with E-state index in [-0.39, 0.29) is 29.1 Å². The fourth-order valence-corrected chi connectivity index (χ4v) is 6.52. The number of likely N-dealkylation sites (tertiary alicyclic amines) is 1. The molecule has 6 rings (SSSR count). The zero-order chi connectivity index (χ0) is 33.3. The number of hydrogen-bond acceptors (Lipinski definition) is 6. The first kappa shape index (κ1) is 32.1. The van der Waals surface area contributed by atoms with E-state index in [1.165, 1.54) is 6.07 Å². The zero-order valence-electron chi connectivity index (χ0n) is 27.0. The van der Waals surface area contributed by atoms with Gasteiger partial charge in [-0.1, -0.05) is 12.1 Å². The number of piperazine rings is 1. The van der Waals surface area contributed by atoms with Crippen LogP contribution in [0.2, 0.25) is 0 Å².